The lowest BCUT2D eigenvalue weighted by molar-refractivity contribution is 1.03. The van der Waals surface area contributed by atoms with Crippen LogP contribution >= 0.6 is 0 Å². The molecule has 5 rings (SSSR count). The average molecular weight is 463 g/mol. The fraction of sp³-hybridized carbons (Fsp3) is 0.400. The second-order valence-electron chi connectivity index (χ2n) is 7.16. The fourth-order valence-corrected chi connectivity index (χ4v) is 3.79. The van der Waals surface area contributed by atoms with Gasteiger partial charge in [-0.05, 0) is 73.9 Å². The molecule has 4 heteroatoms. The van der Waals surface area contributed by atoms with Crippen molar-refractivity contribution in [1.82, 2.24) is 20.3 Å². The van der Waals surface area contributed by atoms with Crippen LogP contribution in [0.3, 0.4) is 0 Å². The average Bonchev–Trinajstić information content (AvgIpc) is 3.73. The van der Waals surface area contributed by atoms with E-state index in [4.69, 9.17) is 0 Å². The zero-order valence-electron chi connectivity index (χ0n) is 23.2. The predicted octanol–water partition coefficient (Wildman–Crippen LogP) is 7.45. The second-order valence-corrected chi connectivity index (χ2v) is 7.16. The van der Waals surface area contributed by atoms with E-state index >= 15 is 0 Å². The highest BCUT2D eigenvalue weighted by Gasteiger charge is 2.16. The molecule has 34 heavy (non-hydrogen) atoms. The molecule has 0 radical (unpaired) electrons. The number of H-pyrrole nitrogens is 3. The summed E-state index contributed by atoms with van der Waals surface area (Å²) >= 11 is 0. The van der Waals surface area contributed by atoms with Crippen LogP contribution in [0.1, 0.15) is 94.0 Å². The summed E-state index contributed by atoms with van der Waals surface area (Å²) < 4.78 is 0. The summed E-state index contributed by atoms with van der Waals surface area (Å²) in [5, 5.41) is 5.91. The van der Waals surface area contributed by atoms with Crippen molar-refractivity contribution in [2.24, 2.45) is 0 Å². The maximum absolute atomic E-state index is 3.62. The van der Waals surface area contributed by atoms with Crippen LogP contribution in [0.25, 0.3) is 28.1 Å². The minimum Gasteiger partial charge on any atom is -0.358 e. The largest absolute Gasteiger partial charge is 0.358 e. The zero-order valence-corrected chi connectivity index (χ0v) is 23.2. The maximum Gasteiger partial charge on any atom is 0.0624 e. The van der Waals surface area contributed by atoms with Gasteiger partial charge in [-0.3, -0.25) is 0 Å². The van der Waals surface area contributed by atoms with Crippen LogP contribution < -0.4 is 16.0 Å². The van der Waals surface area contributed by atoms with Gasteiger partial charge in [0.25, 0.3) is 0 Å². The first-order chi connectivity index (χ1) is 16.6. The van der Waals surface area contributed by atoms with Crippen molar-refractivity contribution in [3.8, 4) is 11.4 Å². The lowest BCUT2D eigenvalue weighted by Crippen LogP contribution is -2.18. The highest BCUT2D eigenvalue weighted by molar-refractivity contribution is 5.73. The smallest absolute Gasteiger partial charge is 0.0624 e. The molecule has 0 spiro atoms. The molecule has 2 aliphatic rings. The SMILES string of the molecule is CC.CC.CC.CC.CC1=C2CC=C(N2)C(C)=c2ccc([nH]2)=C(C)c2ccc([nH]2)-c2ccc1[nH]2. The van der Waals surface area contributed by atoms with E-state index in [2.05, 4.69) is 83.5 Å². The van der Waals surface area contributed by atoms with Crippen molar-refractivity contribution in [2.45, 2.75) is 82.6 Å². The van der Waals surface area contributed by atoms with E-state index < -0.39 is 0 Å². The summed E-state index contributed by atoms with van der Waals surface area (Å²) in [6.07, 6.45) is 3.20. The third kappa shape index (κ3) is 6.05. The predicted molar refractivity (Wildman–Crippen MR) is 152 cm³/mol. The molecule has 186 valence electrons. The molecule has 3 aromatic heterocycles. The van der Waals surface area contributed by atoms with Gasteiger partial charge in [0.1, 0.15) is 0 Å². The summed E-state index contributed by atoms with van der Waals surface area (Å²) in [7, 11) is 0. The van der Waals surface area contributed by atoms with Crippen molar-refractivity contribution >= 4 is 16.7 Å². The van der Waals surface area contributed by atoms with Crippen molar-refractivity contribution < 1.29 is 0 Å². The zero-order chi connectivity index (χ0) is 25.8. The Morgan fingerprint density at radius 2 is 0.941 bits per heavy atom. The minimum atomic E-state index is 0.929. The molecule has 4 N–H and O–H groups in total. The summed E-state index contributed by atoms with van der Waals surface area (Å²) in [4.78, 5) is 10.7. The Morgan fingerprint density at radius 1 is 0.500 bits per heavy atom. The van der Waals surface area contributed by atoms with E-state index in [1.54, 1.807) is 0 Å². The molecular weight excluding hydrogens is 416 g/mol. The van der Waals surface area contributed by atoms with Crippen LogP contribution in [0.2, 0.25) is 0 Å². The Balaban J connectivity index is 0.000000659. The highest BCUT2D eigenvalue weighted by atomic mass is 14.9. The molecule has 8 bridgehead atoms. The molecule has 3 aromatic rings. The Bertz CT molecular complexity index is 1210. The van der Waals surface area contributed by atoms with Crippen LogP contribution in [0.5, 0.6) is 0 Å². The topological polar surface area (TPSA) is 59.4 Å². The standard InChI is InChI=1S/C22H22N4.4C2H6/c1-12-15-4-6-17(23-15)13(2)19-8-10-21(25-19)22-11-9-20(26-22)14(3)18-7-5-16(12)24-18;4*1-2/h4-6,8-11,23-26H,7H2,1-3H3;4*1-2H3. The van der Waals surface area contributed by atoms with Crippen LogP contribution in [-0.4, -0.2) is 15.0 Å². The molecule has 0 atom stereocenters. The van der Waals surface area contributed by atoms with Gasteiger partial charge in [-0.15, -0.1) is 0 Å². The fourth-order valence-electron chi connectivity index (χ4n) is 3.79. The molecule has 0 fully saturated rings. The number of aromatic nitrogens is 3. The quantitative estimate of drug-likeness (QED) is 0.275. The highest BCUT2D eigenvalue weighted by Crippen LogP contribution is 2.28. The van der Waals surface area contributed by atoms with Crippen molar-refractivity contribution in [3.05, 3.63) is 76.0 Å². The molecule has 4 nitrogen and oxygen atoms in total. The maximum atomic E-state index is 3.62. The van der Waals surface area contributed by atoms with E-state index in [0.29, 0.717) is 0 Å². The lowest BCUT2D eigenvalue weighted by atomic mass is 10.1. The summed E-state index contributed by atoms with van der Waals surface area (Å²) in [5.74, 6) is 0. The first kappa shape index (κ1) is 28.9. The number of allylic oxidation sites excluding steroid dienone is 3. The number of aromatic amines is 3. The van der Waals surface area contributed by atoms with Gasteiger partial charge < -0.3 is 20.3 Å². The van der Waals surface area contributed by atoms with Gasteiger partial charge in [0.2, 0.25) is 0 Å². The first-order valence-electron chi connectivity index (χ1n) is 13.0. The molecule has 0 amide bonds. The van der Waals surface area contributed by atoms with Crippen molar-refractivity contribution in [1.29, 1.82) is 0 Å². The Hall–Kier alpha value is -3.14. The number of hydrogen-bond donors (Lipinski definition) is 4. The van der Waals surface area contributed by atoms with E-state index in [9.17, 15) is 0 Å². The molecule has 0 aliphatic carbocycles. The Morgan fingerprint density at radius 3 is 1.47 bits per heavy atom. The molecule has 0 saturated heterocycles. The van der Waals surface area contributed by atoms with E-state index in [1.165, 1.54) is 28.1 Å². The molecular formula is C30H46N4. The number of rotatable bonds is 0. The molecule has 0 saturated carbocycles. The van der Waals surface area contributed by atoms with Crippen molar-refractivity contribution in [2.75, 3.05) is 0 Å². The van der Waals surface area contributed by atoms with E-state index in [0.717, 1.165) is 39.9 Å². The van der Waals surface area contributed by atoms with Crippen LogP contribution in [0, 0.1) is 0 Å². The van der Waals surface area contributed by atoms with Gasteiger partial charge in [0.05, 0.1) is 11.4 Å². The van der Waals surface area contributed by atoms with Crippen LogP contribution in [0.15, 0.2) is 53.9 Å². The number of fused-ring (bicyclic) bond motifs is 9. The third-order valence-electron chi connectivity index (χ3n) is 5.62. The Kier molecular flexibility index (Phi) is 12.1. The van der Waals surface area contributed by atoms with Gasteiger partial charge in [-0.2, -0.15) is 0 Å². The van der Waals surface area contributed by atoms with Gasteiger partial charge >= 0.3 is 0 Å². The van der Waals surface area contributed by atoms with Gasteiger partial charge in [-0.1, -0.05) is 61.5 Å². The van der Waals surface area contributed by atoms with Crippen molar-refractivity contribution in [3.63, 3.8) is 0 Å². The van der Waals surface area contributed by atoms with Gasteiger partial charge in [0, 0.05) is 39.9 Å². The molecule has 5 heterocycles. The first-order valence-corrected chi connectivity index (χ1v) is 13.0. The minimum absolute atomic E-state index is 0.929. The number of nitrogens with one attached hydrogen (secondary N) is 4. The summed E-state index contributed by atoms with van der Waals surface area (Å²) in [5.41, 5.74) is 10.6. The monoisotopic (exact) mass is 462 g/mol. The normalized spacial score (nSPS) is 13.2. The molecule has 0 aromatic carbocycles. The molecule has 0 unspecified atom stereocenters. The number of hydrogen-bond acceptors (Lipinski definition) is 1. The van der Waals surface area contributed by atoms with Crippen LogP contribution in [0.4, 0.5) is 0 Å². The third-order valence-corrected chi connectivity index (χ3v) is 5.62. The van der Waals surface area contributed by atoms with E-state index in [1.807, 2.05) is 55.4 Å². The lowest BCUT2D eigenvalue weighted by Gasteiger charge is -2.09. The van der Waals surface area contributed by atoms with Gasteiger partial charge in [-0.25, -0.2) is 0 Å². The van der Waals surface area contributed by atoms with Gasteiger partial charge in [0.15, 0.2) is 0 Å². The molecule has 2 aliphatic heterocycles. The van der Waals surface area contributed by atoms with Crippen LogP contribution in [-0.2, 0) is 0 Å². The summed E-state index contributed by atoms with van der Waals surface area (Å²) in [6.45, 7) is 22.5. The Labute approximate surface area is 207 Å². The van der Waals surface area contributed by atoms with E-state index in [-0.39, 0.29) is 0 Å². The summed E-state index contributed by atoms with van der Waals surface area (Å²) in [6, 6.07) is 12.9. The second kappa shape index (κ2) is 14.2.